The minimum Gasteiger partial charge on any atom is -0.399 e. The molecule has 0 N–H and O–H groups in total. The van der Waals surface area contributed by atoms with Gasteiger partial charge in [0.2, 0.25) is 0 Å². The van der Waals surface area contributed by atoms with Crippen LogP contribution >= 0.6 is 0 Å². The molecule has 2 nitrogen and oxygen atoms in total. The molecule has 1 aromatic rings. The zero-order valence-electron chi connectivity index (χ0n) is 15.5. The van der Waals surface area contributed by atoms with Crippen molar-refractivity contribution in [3.05, 3.63) is 29.3 Å². The van der Waals surface area contributed by atoms with Crippen molar-refractivity contribution in [2.45, 2.75) is 84.3 Å². The Morgan fingerprint density at radius 1 is 0.875 bits per heavy atom. The molecule has 1 saturated heterocycles. The number of hydrogen-bond acceptors (Lipinski definition) is 2. The fraction of sp³-hybridized carbons (Fsp3) is 0.684. The van der Waals surface area contributed by atoms with Gasteiger partial charge in [-0.2, -0.15) is 0 Å². The Kier molecular flexibility index (Phi) is 6.08. The van der Waals surface area contributed by atoms with E-state index in [0.717, 1.165) is 19.3 Å². The number of rotatable bonds is 7. The predicted octanol–water partition coefficient (Wildman–Crippen LogP) is 4.78. The highest BCUT2D eigenvalue weighted by Gasteiger charge is 2.52. The number of unbranched alkanes of at least 4 members (excludes halogenated alkanes) is 4. The van der Waals surface area contributed by atoms with Crippen LogP contribution in [-0.4, -0.2) is 18.3 Å². The molecule has 1 aliphatic heterocycles. The van der Waals surface area contributed by atoms with Crippen molar-refractivity contribution in [2.75, 3.05) is 0 Å². The van der Waals surface area contributed by atoms with Gasteiger partial charge in [0.1, 0.15) is 11.6 Å². The average molecular weight is 338 g/mol. The minimum absolute atomic E-state index is 0.140. The molecule has 24 heavy (non-hydrogen) atoms. The fourth-order valence-corrected chi connectivity index (χ4v) is 2.86. The van der Waals surface area contributed by atoms with E-state index in [2.05, 4.69) is 6.92 Å². The van der Waals surface area contributed by atoms with E-state index in [0.29, 0.717) is 12.0 Å². The van der Waals surface area contributed by atoms with E-state index in [4.69, 9.17) is 9.31 Å². The van der Waals surface area contributed by atoms with Crippen LogP contribution < -0.4 is 5.46 Å². The molecule has 0 saturated carbocycles. The third-order valence-corrected chi connectivity index (χ3v) is 5.22. The van der Waals surface area contributed by atoms with Crippen LogP contribution in [0.25, 0.3) is 0 Å². The lowest BCUT2D eigenvalue weighted by molar-refractivity contribution is 0.00578. The van der Waals surface area contributed by atoms with E-state index in [9.17, 15) is 8.78 Å². The van der Waals surface area contributed by atoms with Crippen LogP contribution in [-0.2, 0) is 15.7 Å². The van der Waals surface area contributed by atoms with Gasteiger partial charge < -0.3 is 9.31 Å². The number of aryl methyl sites for hydroxylation is 1. The van der Waals surface area contributed by atoms with Crippen LogP contribution in [0.1, 0.15) is 72.3 Å². The Balaban J connectivity index is 2.07. The maximum atomic E-state index is 14.5. The third kappa shape index (κ3) is 4.18. The first-order chi connectivity index (χ1) is 11.2. The Hall–Kier alpha value is -0.935. The molecule has 1 aliphatic rings. The SMILES string of the molecule is CCCCCCCc1cc(F)c(B2OC(C)(C)C(C)(C)O2)cc1F. The molecular formula is C19H29BF2O2. The van der Waals surface area contributed by atoms with Crippen molar-refractivity contribution in [3.63, 3.8) is 0 Å². The lowest BCUT2D eigenvalue weighted by Crippen LogP contribution is -2.41. The Morgan fingerprint density at radius 2 is 1.46 bits per heavy atom. The molecule has 0 radical (unpaired) electrons. The van der Waals surface area contributed by atoms with Gasteiger partial charge in [-0.15, -0.1) is 0 Å². The quantitative estimate of drug-likeness (QED) is 0.526. The second-order valence-electron chi connectivity index (χ2n) is 7.72. The monoisotopic (exact) mass is 338 g/mol. The van der Waals surface area contributed by atoms with Crippen molar-refractivity contribution < 1.29 is 18.1 Å². The highest BCUT2D eigenvalue weighted by Crippen LogP contribution is 2.36. The second kappa shape index (κ2) is 7.53. The summed E-state index contributed by atoms with van der Waals surface area (Å²) in [4.78, 5) is 0. The van der Waals surface area contributed by atoms with Crippen LogP contribution in [0, 0.1) is 11.6 Å². The van der Waals surface area contributed by atoms with Gasteiger partial charge in [0.15, 0.2) is 0 Å². The first-order valence-corrected chi connectivity index (χ1v) is 9.01. The first-order valence-electron chi connectivity index (χ1n) is 9.01. The maximum absolute atomic E-state index is 14.5. The van der Waals surface area contributed by atoms with Gasteiger partial charge in [-0.1, -0.05) is 32.6 Å². The Labute approximate surface area is 145 Å². The molecule has 0 aromatic heterocycles. The molecule has 0 bridgehead atoms. The second-order valence-corrected chi connectivity index (χ2v) is 7.72. The topological polar surface area (TPSA) is 18.5 Å². The molecule has 0 unspecified atom stereocenters. The van der Waals surface area contributed by atoms with E-state index in [-0.39, 0.29) is 11.3 Å². The van der Waals surface area contributed by atoms with Gasteiger partial charge in [0.25, 0.3) is 0 Å². The first kappa shape index (κ1) is 19.4. The molecule has 1 fully saturated rings. The van der Waals surface area contributed by atoms with Gasteiger partial charge >= 0.3 is 7.12 Å². The highest BCUT2D eigenvalue weighted by molar-refractivity contribution is 6.62. The van der Waals surface area contributed by atoms with Crippen LogP contribution in [0.2, 0.25) is 0 Å². The Bertz CT molecular complexity index is 557. The van der Waals surface area contributed by atoms with E-state index in [1.807, 2.05) is 27.7 Å². The molecule has 1 heterocycles. The summed E-state index contributed by atoms with van der Waals surface area (Å²) in [6.07, 6.45) is 6.01. The molecule has 5 heteroatoms. The van der Waals surface area contributed by atoms with Crippen LogP contribution in [0.5, 0.6) is 0 Å². The van der Waals surface area contributed by atoms with Crippen molar-refractivity contribution in [2.24, 2.45) is 0 Å². The van der Waals surface area contributed by atoms with E-state index in [1.54, 1.807) is 0 Å². The zero-order valence-corrected chi connectivity index (χ0v) is 15.5. The largest absolute Gasteiger partial charge is 0.497 e. The fourth-order valence-electron chi connectivity index (χ4n) is 2.86. The minimum atomic E-state index is -0.872. The standard InChI is InChI=1S/C19H29BF2O2/c1-6-7-8-9-10-11-14-12-17(22)15(13-16(14)21)20-23-18(2,3)19(4,5)24-20/h12-13H,6-11H2,1-5H3. The smallest absolute Gasteiger partial charge is 0.399 e. The third-order valence-electron chi connectivity index (χ3n) is 5.22. The molecular weight excluding hydrogens is 309 g/mol. The summed E-state index contributed by atoms with van der Waals surface area (Å²) < 4.78 is 40.5. The summed E-state index contributed by atoms with van der Waals surface area (Å²) in [5.74, 6) is -0.838. The zero-order chi connectivity index (χ0) is 18.0. The van der Waals surface area contributed by atoms with Gasteiger partial charge in [-0.05, 0) is 58.2 Å². The van der Waals surface area contributed by atoms with Gasteiger partial charge in [-0.3, -0.25) is 0 Å². The van der Waals surface area contributed by atoms with E-state index in [1.165, 1.54) is 25.0 Å². The lowest BCUT2D eigenvalue weighted by atomic mass is 9.78. The van der Waals surface area contributed by atoms with Gasteiger partial charge in [0.05, 0.1) is 11.2 Å². The molecule has 0 atom stereocenters. The molecule has 0 spiro atoms. The van der Waals surface area contributed by atoms with Gasteiger partial charge in [-0.25, -0.2) is 8.78 Å². The summed E-state index contributed by atoms with van der Waals surface area (Å²) in [5, 5.41) is 0. The molecule has 0 amide bonds. The number of benzene rings is 1. The van der Waals surface area contributed by atoms with Crippen LogP contribution in [0.4, 0.5) is 8.78 Å². The van der Waals surface area contributed by atoms with Crippen LogP contribution in [0.3, 0.4) is 0 Å². The number of halogens is 2. The molecule has 1 aromatic carbocycles. The predicted molar refractivity (Wildman–Crippen MR) is 94.5 cm³/mol. The summed E-state index contributed by atoms with van der Waals surface area (Å²) in [5.41, 5.74) is -0.568. The van der Waals surface area contributed by atoms with Crippen molar-refractivity contribution in [3.8, 4) is 0 Å². The summed E-state index contributed by atoms with van der Waals surface area (Å²) in [6, 6.07) is 2.54. The highest BCUT2D eigenvalue weighted by atomic mass is 19.1. The molecule has 134 valence electrons. The van der Waals surface area contributed by atoms with Crippen LogP contribution in [0.15, 0.2) is 12.1 Å². The van der Waals surface area contributed by atoms with Crippen molar-refractivity contribution in [1.29, 1.82) is 0 Å². The number of hydrogen-bond donors (Lipinski definition) is 0. The normalized spacial score (nSPS) is 19.0. The maximum Gasteiger partial charge on any atom is 0.497 e. The van der Waals surface area contributed by atoms with Crippen molar-refractivity contribution >= 4 is 12.6 Å². The summed E-state index contributed by atoms with van der Waals surface area (Å²) in [6.45, 7) is 9.74. The van der Waals surface area contributed by atoms with E-state index >= 15 is 0 Å². The van der Waals surface area contributed by atoms with Gasteiger partial charge in [0, 0.05) is 5.46 Å². The van der Waals surface area contributed by atoms with E-state index < -0.39 is 24.1 Å². The Morgan fingerprint density at radius 3 is 2.04 bits per heavy atom. The average Bonchev–Trinajstić information content (AvgIpc) is 2.70. The summed E-state index contributed by atoms with van der Waals surface area (Å²) in [7, 11) is -0.872. The summed E-state index contributed by atoms with van der Waals surface area (Å²) >= 11 is 0. The molecule has 2 rings (SSSR count). The van der Waals surface area contributed by atoms with Crippen molar-refractivity contribution in [1.82, 2.24) is 0 Å². The molecule has 0 aliphatic carbocycles. The lowest BCUT2D eigenvalue weighted by Gasteiger charge is -2.32.